The number of carbonyl (C=O) groups excluding carboxylic acids is 1. The van der Waals surface area contributed by atoms with Gasteiger partial charge in [-0.15, -0.1) is 0 Å². The Morgan fingerprint density at radius 1 is 1.43 bits per heavy atom. The molecule has 1 aromatic heterocycles. The summed E-state index contributed by atoms with van der Waals surface area (Å²) in [5, 5.41) is 8.79. The minimum Gasteiger partial charge on any atom is -0.480 e. The van der Waals surface area contributed by atoms with Gasteiger partial charge < -0.3 is 15.7 Å². The Hall–Kier alpha value is -1.95. The van der Waals surface area contributed by atoms with Gasteiger partial charge in [-0.25, -0.2) is 0 Å². The van der Waals surface area contributed by atoms with Crippen molar-refractivity contribution in [1.82, 2.24) is 9.88 Å². The van der Waals surface area contributed by atoms with E-state index < -0.39 is 12.0 Å². The highest BCUT2D eigenvalue weighted by atomic mass is 16.4. The highest BCUT2D eigenvalue weighted by molar-refractivity contribution is 5.73. The number of nitrogens with two attached hydrogens (primary N) is 1. The van der Waals surface area contributed by atoms with Crippen LogP contribution in [0, 0.1) is 0 Å². The van der Waals surface area contributed by atoms with Gasteiger partial charge in [0.25, 0.3) is 0 Å². The van der Waals surface area contributed by atoms with Gasteiger partial charge in [0, 0.05) is 37.8 Å². The monoisotopic (exact) mass is 291 g/mol. The fourth-order valence-electron chi connectivity index (χ4n) is 2.63. The molecule has 1 aromatic rings. The Morgan fingerprint density at radius 2 is 2.10 bits per heavy atom. The molecule has 6 nitrogen and oxygen atoms in total. The van der Waals surface area contributed by atoms with Crippen LogP contribution >= 0.6 is 0 Å². The molecule has 0 saturated carbocycles. The number of piperidine rings is 1. The average Bonchev–Trinajstić information content (AvgIpc) is 2.48. The Balaban J connectivity index is 1.94. The second kappa shape index (κ2) is 6.67. The van der Waals surface area contributed by atoms with E-state index in [1.807, 2.05) is 17.0 Å². The molecule has 3 N–H and O–H groups in total. The summed E-state index contributed by atoms with van der Waals surface area (Å²) in [5.41, 5.74) is 7.34. The Bertz CT molecular complexity index is 507. The third kappa shape index (κ3) is 4.01. The molecule has 1 amide bonds. The molecule has 0 spiro atoms. The number of amides is 1. The summed E-state index contributed by atoms with van der Waals surface area (Å²) in [6.07, 6.45) is 3.82. The molecule has 1 aliphatic rings. The van der Waals surface area contributed by atoms with E-state index in [1.54, 1.807) is 13.1 Å². The van der Waals surface area contributed by atoms with Gasteiger partial charge in [0.1, 0.15) is 6.04 Å². The molecule has 1 fully saturated rings. The van der Waals surface area contributed by atoms with E-state index >= 15 is 0 Å². The molecule has 0 aliphatic carbocycles. The topological polar surface area (TPSA) is 96.5 Å². The van der Waals surface area contributed by atoms with Gasteiger partial charge in [-0.2, -0.15) is 0 Å². The van der Waals surface area contributed by atoms with Crippen molar-refractivity contribution in [2.45, 2.75) is 38.1 Å². The highest BCUT2D eigenvalue weighted by Crippen LogP contribution is 2.26. The van der Waals surface area contributed by atoms with Gasteiger partial charge in [-0.05, 0) is 30.9 Å². The van der Waals surface area contributed by atoms with Crippen LogP contribution in [-0.4, -0.2) is 46.0 Å². The smallest absolute Gasteiger partial charge is 0.320 e. The first-order chi connectivity index (χ1) is 9.97. The molecule has 1 atom stereocenters. The first-order valence-electron chi connectivity index (χ1n) is 7.16. The zero-order chi connectivity index (χ0) is 15.4. The highest BCUT2D eigenvalue weighted by Gasteiger charge is 2.22. The lowest BCUT2D eigenvalue weighted by Crippen LogP contribution is -2.36. The fraction of sp³-hybridized carbons (Fsp3) is 0.533. The van der Waals surface area contributed by atoms with Gasteiger partial charge in [0.2, 0.25) is 5.91 Å². The quantitative estimate of drug-likeness (QED) is 0.853. The van der Waals surface area contributed by atoms with E-state index in [0.717, 1.165) is 37.2 Å². The number of pyridine rings is 1. The summed E-state index contributed by atoms with van der Waals surface area (Å²) < 4.78 is 0. The molecule has 0 aromatic carbocycles. The lowest BCUT2D eigenvalue weighted by atomic mass is 9.92. The minimum absolute atomic E-state index is 0.124. The van der Waals surface area contributed by atoms with E-state index in [9.17, 15) is 9.59 Å². The summed E-state index contributed by atoms with van der Waals surface area (Å²) in [7, 11) is 0. The maximum absolute atomic E-state index is 11.3. The zero-order valence-electron chi connectivity index (χ0n) is 12.2. The van der Waals surface area contributed by atoms with Crippen LogP contribution < -0.4 is 5.73 Å². The van der Waals surface area contributed by atoms with Crippen molar-refractivity contribution in [1.29, 1.82) is 0 Å². The predicted octanol–water partition coefficient (Wildman–Crippen LogP) is 0.762. The fourth-order valence-corrected chi connectivity index (χ4v) is 2.63. The standard InChI is InChI=1S/C15H21N3O3/c1-10(19)18-6-4-12(5-7-18)14-3-2-11(9-17-14)8-13(16)15(20)21/h2-3,9,12-13H,4-8,16H2,1H3,(H,20,21)/t13-/m0/s1. The lowest BCUT2D eigenvalue weighted by Gasteiger charge is -2.31. The third-order valence-corrected chi connectivity index (χ3v) is 3.98. The molecule has 1 saturated heterocycles. The molecule has 0 radical (unpaired) electrons. The average molecular weight is 291 g/mol. The van der Waals surface area contributed by atoms with E-state index in [4.69, 9.17) is 10.8 Å². The maximum Gasteiger partial charge on any atom is 0.320 e. The summed E-state index contributed by atoms with van der Waals surface area (Å²) in [6, 6.07) is 2.94. The first-order valence-corrected chi connectivity index (χ1v) is 7.16. The summed E-state index contributed by atoms with van der Waals surface area (Å²) in [5.74, 6) is -0.516. The third-order valence-electron chi connectivity index (χ3n) is 3.98. The molecule has 2 rings (SSSR count). The Kier molecular flexibility index (Phi) is 4.90. The molecule has 0 bridgehead atoms. The molecule has 21 heavy (non-hydrogen) atoms. The van der Waals surface area contributed by atoms with Gasteiger partial charge in [-0.1, -0.05) is 6.07 Å². The molecule has 114 valence electrons. The van der Waals surface area contributed by atoms with E-state index in [2.05, 4.69) is 4.98 Å². The van der Waals surface area contributed by atoms with Crippen molar-refractivity contribution in [3.63, 3.8) is 0 Å². The maximum atomic E-state index is 11.3. The van der Waals surface area contributed by atoms with Gasteiger partial charge in [0.15, 0.2) is 0 Å². The van der Waals surface area contributed by atoms with E-state index in [0.29, 0.717) is 5.92 Å². The van der Waals surface area contributed by atoms with Crippen molar-refractivity contribution >= 4 is 11.9 Å². The van der Waals surface area contributed by atoms with E-state index in [1.165, 1.54) is 0 Å². The van der Waals surface area contributed by atoms with Crippen LogP contribution in [0.5, 0.6) is 0 Å². The van der Waals surface area contributed by atoms with Gasteiger partial charge in [0.05, 0.1) is 0 Å². The van der Waals surface area contributed by atoms with Crippen molar-refractivity contribution in [3.8, 4) is 0 Å². The second-order valence-electron chi connectivity index (χ2n) is 5.52. The van der Waals surface area contributed by atoms with E-state index in [-0.39, 0.29) is 12.3 Å². The first kappa shape index (κ1) is 15.4. The van der Waals surface area contributed by atoms with Crippen LogP contribution in [0.15, 0.2) is 18.3 Å². The predicted molar refractivity (Wildman–Crippen MR) is 77.8 cm³/mol. The zero-order valence-corrected chi connectivity index (χ0v) is 12.2. The summed E-state index contributed by atoms with van der Waals surface area (Å²) >= 11 is 0. The van der Waals surface area contributed by atoms with Crippen molar-refractivity contribution in [2.75, 3.05) is 13.1 Å². The number of carboxylic acid groups (broad SMARTS) is 1. The van der Waals surface area contributed by atoms with Crippen molar-refractivity contribution in [2.24, 2.45) is 5.73 Å². The molecular formula is C15H21N3O3. The SMILES string of the molecule is CC(=O)N1CCC(c2ccc(C[C@H](N)C(=O)O)cn2)CC1. The largest absolute Gasteiger partial charge is 0.480 e. The molecule has 2 heterocycles. The molecule has 0 unspecified atom stereocenters. The second-order valence-corrected chi connectivity index (χ2v) is 5.52. The summed E-state index contributed by atoms with van der Waals surface area (Å²) in [6.45, 7) is 3.14. The van der Waals surface area contributed by atoms with Crippen LogP contribution in [0.25, 0.3) is 0 Å². The van der Waals surface area contributed by atoms with Crippen LogP contribution in [0.2, 0.25) is 0 Å². The number of likely N-dealkylation sites (tertiary alicyclic amines) is 1. The molecule has 6 heteroatoms. The molecular weight excluding hydrogens is 270 g/mol. The normalized spacial score (nSPS) is 17.5. The van der Waals surface area contributed by atoms with Crippen LogP contribution in [-0.2, 0) is 16.0 Å². The van der Waals surface area contributed by atoms with Crippen molar-refractivity contribution in [3.05, 3.63) is 29.6 Å². The Morgan fingerprint density at radius 3 is 2.57 bits per heavy atom. The number of rotatable bonds is 4. The number of hydrogen-bond donors (Lipinski definition) is 2. The van der Waals surface area contributed by atoms with Crippen LogP contribution in [0.1, 0.15) is 36.9 Å². The number of carbonyl (C=O) groups is 2. The lowest BCUT2D eigenvalue weighted by molar-refractivity contribution is -0.138. The van der Waals surface area contributed by atoms with Crippen LogP contribution in [0.3, 0.4) is 0 Å². The molecule has 1 aliphatic heterocycles. The van der Waals surface area contributed by atoms with Gasteiger partial charge in [-0.3, -0.25) is 14.6 Å². The number of aromatic nitrogens is 1. The van der Waals surface area contributed by atoms with Gasteiger partial charge >= 0.3 is 5.97 Å². The van der Waals surface area contributed by atoms with Crippen molar-refractivity contribution < 1.29 is 14.7 Å². The minimum atomic E-state index is -1.00. The summed E-state index contributed by atoms with van der Waals surface area (Å²) in [4.78, 5) is 28.3. The Labute approximate surface area is 124 Å². The number of nitrogens with zero attached hydrogens (tertiary/aromatic N) is 2. The number of carboxylic acids is 1. The number of aliphatic carboxylic acids is 1. The van der Waals surface area contributed by atoms with Crippen LogP contribution in [0.4, 0.5) is 0 Å². The number of hydrogen-bond acceptors (Lipinski definition) is 4.